The van der Waals surface area contributed by atoms with Crippen LogP contribution in [0.15, 0.2) is 60.7 Å². The summed E-state index contributed by atoms with van der Waals surface area (Å²) in [5.41, 5.74) is 1.22. The molecule has 7 nitrogen and oxygen atoms in total. The molecule has 0 unspecified atom stereocenters. The van der Waals surface area contributed by atoms with Crippen molar-refractivity contribution in [3.63, 3.8) is 0 Å². The number of nitrogens with one attached hydrogen (secondary N) is 2. The zero-order chi connectivity index (χ0) is 27.3. The monoisotopic (exact) mass is 547 g/mol. The van der Waals surface area contributed by atoms with Gasteiger partial charge in [0.1, 0.15) is 11.6 Å². The minimum absolute atomic E-state index is 0.0435. The van der Waals surface area contributed by atoms with Crippen LogP contribution in [0.3, 0.4) is 0 Å². The Morgan fingerprint density at radius 3 is 2.67 bits per heavy atom. The van der Waals surface area contributed by atoms with E-state index in [-0.39, 0.29) is 30.3 Å². The molecule has 6 rings (SSSR count). The van der Waals surface area contributed by atoms with Gasteiger partial charge in [0.25, 0.3) is 0 Å². The number of hydrogen-bond acceptors (Lipinski definition) is 4. The minimum atomic E-state index is -1.21. The molecule has 4 aliphatic rings. The maximum atomic E-state index is 14.2. The van der Waals surface area contributed by atoms with Crippen LogP contribution in [-0.2, 0) is 25.7 Å². The van der Waals surface area contributed by atoms with Crippen molar-refractivity contribution in [3.8, 4) is 0 Å². The summed E-state index contributed by atoms with van der Waals surface area (Å²) in [6.45, 7) is 4.27. The number of benzene rings is 2. The van der Waals surface area contributed by atoms with Crippen LogP contribution in [0, 0.1) is 24.7 Å². The molecule has 2 bridgehead atoms. The van der Waals surface area contributed by atoms with E-state index in [0.29, 0.717) is 16.6 Å². The smallest absolute Gasteiger partial charge is 0.246 e. The molecule has 1 saturated carbocycles. The predicted molar refractivity (Wildman–Crippen MR) is 149 cm³/mol. The number of nitrogens with zero attached hydrogens (tertiary/aromatic N) is 1. The minimum Gasteiger partial charge on any atom is -0.359 e. The van der Waals surface area contributed by atoms with Gasteiger partial charge in [0.15, 0.2) is 0 Å². The summed E-state index contributed by atoms with van der Waals surface area (Å²) >= 11 is 6.48. The molecule has 3 heterocycles. The molecule has 0 aromatic heterocycles. The Balaban J connectivity index is 1.34. The van der Waals surface area contributed by atoms with Crippen molar-refractivity contribution in [2.24, 2.45) is 17.8 Å². The first-order chi connectivity index (χ1) is 18.8. The Hall–Kier alpha value is -3.16. The van der Waals surface area contributed by atoms with Crippen molar-refractivity contribution in [1.82, 2.24) is 10.2 Å². The van der Waals surface area contributed by atoms with E-state index in [1.165, 1.54) is 0 Å². The molecule has 7 atom stereocenters. The topological polar surface area (TPSA) is 87.7 Å². The highest BCUT2D eigenvalue weighted by Crippen LogP contribution is 2.55. The van der Waals surface area contributed by atoms with Gasteiger partial charge in [-0.2, -0.15) is 0 Å². The summed E-state index contributed by atoms with van der Waals surface area (Å²) in [6.07, 6.45) is 7.31. The normalized spacial score (nSPS) is 32.8. The van der Waals surface area contributed by atoms with E-state index in [9.17, 15) is 14.4 Å². The molecule has 39 heavy (non-hydrogen) atoms. The molecule has 2 saturated heterocycles. The van der Waals surface area contributed by atoms with Crippen LogP contribution in [0.5, 0.6) is 0 Å². The Labute approximate surface area is 233 Å². The van der Waals surface area contributed by atoms with E-state index >= 15 is 0 Å². The summed E-state index contributed by atoms with van der Waals surface area (Å²) in [5.74, 6) is -1.98. The largest absolute Gasteiger partial charge is 0.359 e. The number of anilines is 1. The number of halogens is 1. The fourth-order valence-electron chi connectivity index (χ4n) is 6.99. The number of fused-ring (bicyclic) bond motifs is 1. The molecule has 1 spiro atoms. The van der Waals surface area contributed by atoms with E-state index in [1.807, 2.05) is 61.5 Å². The predicted octanol–water partition coefficient (Wildman–Crippen LogP) is 4.63. The van der Waals surface area contributed by atoms with Crippen LogP contribution < -0.4 is 10.6 Å². The number of aryl methyl sites for hydroxylation is 1. The van der Waals surface area contributed by atoms with Gasteiger partial charge in [0.05, 0.1) is 17.9 Å². The lowest BCUT2D eigenvalue weighted by molar-refractivity contribution is -0.142. The third kappa shape index (κ3) is 4.45. The van der Waals surface area contributed by atoms with Crippen molar-refractivity contribution >= 4 is 35.0 Å². The number of rotatable bonds is 6. The molecule has 3 amide bonds. The van der Waals surface area contributed by atoms with Crippen molar-refractivity contribution < 1.29 is 19.1 Å². The fourth-order valence-corrected chi connectivity index (χ4v) is 7.18. The van der Waals surface area contributed by atoms with Crippen molar-refractivity contribution in [3.05, 3.63) is 76.8 Å². The van der Waals surface area contributed by atoms with E-state index < -0.39 is 29.6 Å². The molecular weight excluding hydrogens is 514 g/mol. The van der Waals surface area contributed by atoms with Gasteiger partial charge in [0, 0.05) is 23.3 Å². The zero-order valence-corrected chi connectivity index (χ0v) is 23.0. The number of carbonyl (C=O) groups excluding carboxylic acids is 3. The lowest BCUT2D eigenvalue weighted by Gasteiger charge is -2.36. The van der Waals surface area contributed by atoms with Crippen LogP contribution >= 0.6 is 11.6 Å². The molecule has 3 aliphatic heterocycles. The molecule has 0 radical (unpaired) electrons. The number of likely N-dealkylation sites (tertiary alicyclic amines) is 1. The van der Waals surface area contributed by atoms with E-state index in [0.717, 1.165) is 36.8 Å². The molecule has 2 aromatic carbocycles. The third-order valence-corrected chi connectivity index (χ3v) is 9.32. The second-order valence-electron chi connectivity index (χ2n) is 11.5. The van der Waals surface area contributed by atoms with Gasteiger partial charge in [-0.05, 0) is 55.0 Å². The molecule has 3 fully saturated rings. The van der Waals surface area contributed by atoms with Gasteiger partial charge < -0.3 is 20.3 Å². The maximum Gasteiger partial charge on any atom is 0.246 e. The van der Waals surface area contributed by atoms with Crippen LogP contribution in [-0.4, -0.2) is 46.4 Å². The average Bonchev–Trinajstić information content (AvgIpc) is 3.54. The number of ether oxygens (including phenoxy) is 1. The summed E-state index contributed by atoms with van der Waals surface area (Å²) < 4.78 is 6.47. The van der Waals surface area contributed by atoms with Crippen LogP contribution in [0.2, 0.25) is 5.02 Å². The summed E-state index contributed by atoms with van der Waals surface area (Å²) in [4.78, 5) is 43.5. The van der Waals surface area contributed by atoms with Crippen molar-refractivity contribution in [2.75, 3.05) is 5.32 Å². The van der Waals surface area contributed by atoms with Gasteiger partial charge in [-0.1, -0.05) is 73.9 Å². The first-order valence-electron chi connectivity index (χ1n) is 13.9. The Morgan fingerprint density at radius 1 is 1.10 bits per heavy atom. The third-order valence-electron chi connectivity index (χ3n) is 8.95. The van der Waals surface area contributed by atoms with E-state index in [2.05, 4.69) is 17.6 Å². The number of hydrogen-bond donors (Lipinski definition) is 2. The highest BCUT2D eigenvalue weighted by Gasteiger charge is 2.72. The quantitative estimate of drug-likeness (QED) is 0.516. The van der Waals surface area contributed by atoms with Crippen molar-refractivity contribution in [1.29, 1.82) is 0 Å². The molecule has 2 N–H and O–H groups in total. The Morgan fingerprint density at radius 2 is 1.90 bits per heavy atom. The summed E-state index contributed by atoms with van der Waals surface area (Å²) in [5, 5.41) is 6.77. The molecule has 1 aliphatic carbocycles. The van der Waals surface area contributed by atoms with Gasteiger partial charge in [-0.15, -0.1) is 0 Å². The molecule has 204 valence electrons. The van der Waals surface area contributed by atoms with E-state index in [1.54, 1.807) is 11.0 Å². The summed E-state index contributed by atoms with van der Waals surface area (Å²) in [7, 11) is 0. The molecule has 8 heteroatoms. The van der Waals surface area contributed by atoms with Gasteiger partial charge >= 0.3 is 0 Å². The first-order valence-corrected chi connectivity index (χ1v) is 14.3. The standard InChI is InChI=1S/C31H34ClN3O4/c1-18-8-7-11-21(16-18)33-28(36)25-24-14-15-31(39-24)26(25)30(38)35(17-20-10-4-5-12-22(20)32)27(31)29(37)34-23-13-6-3-9-19(23)2/h4-5,7-8,10-12,14-16,19,23-27H,3,6,9,13,17H2,1-2H3,(H,33,36)(H,34,37)/t19-,23+,24-,25+,26-,27-,31-/m1/s1. The number of carbonyl (C=O) groups is 3. The average molecular weight is 548 g/mol. The highest BCUT2D eigenvalue weighted by molar-refractivity contribution is 6.31. The Kier molecular flexibility index (Phi) is 6.76. The van der Waals surface area contributed by atoms with E-state index in [4.69, 9.17) is 16.3 Å². The van der Waals surface area contributed by atoms with Crippen LogP contribution in [0.1, 0.15) is 43.7 Å². The molecular formula is C31H34ClN3O4. The first kappa shape index (κ1) is 26.1. The zero-order valence-electron chi connectivity index (χ0n) is 22.2. The Bertz CT molecular complexity index is 1340. The van der Waals surface area contributed by atoms with Crippen LogP contribution in [0.25, 0.3) is 0 Å². The maximum absolute atomic E-state index is 14.2. The highest BCUT2D eigenvalue weighted by atomic mass is 35.5. The fraction of sp³-hybridized carbons (Fsp3) is 0.452. The second-order valence-corrected chi connectivity index (χ2v) is 11.9. The van der Waals surface area contributed by atoms with Gasteiger partial charge in [-0.3, -0.25) is 14.4 Å². The van der Waals surface area contributed by atoms with Crippen molar-refractivity contribution in [2.45, 2.75) is 69.9 Å². The van der Waals surface area contributed by atoms with Crippen LogP contribution in [0.4, 0.5) is 5.69 Å². The lowest BCUT2D eigenvalue weighted by atomic mass is 9.74. The summed E-state index contributed by atoms with van der Waals surface area (Å²) in [6, 6.07) is 14.0. The van der Waals surface area contributed by atoms with Gasteiger partial charge in [0.2, 0.25) is 17.7 Å². The SMILES string of the molecule is Cc1cccc(NC(=O)[C@H]2[C@H]3C=C[C@@]4(O3)[C@H]2C(=O)N(Cc2ccccc2Cl)[C@@H]4C(=O)N[C@H]2CCCC[C@H]2C)c1. The van der Waals surface area contributed by atoms with Gasteiger partial charge in [-0.25, -0.2) is 0 Å². The second kappa shape index (κ2) is 10.1. The lowest BCUT2D eigenvalue weighted by Crippen LogP contribution is -2.57. The number of amides is 3. The molecule has 2 aromatic rings.